The average Bonchev–Trinajstić information content (AvgIpc) is 1.00. The molecule has 0 aliphatic rings. The van der Waals surface area contributed by atoms with Crippen LogP contribution in [0.4, 0.5) is 0 Å². The van der Waals surface area contributed by atoms with Crippen LogP contribution < -0.4 is 0 Å². The maximum absolute atomic E-state index is 8.06. The van der Waals surface area contributed by atoms with E-state index in [9.17, 15) is 0 Å². The molecule has 4 heteroatoms. The molecule has 0 saturated heterocycles. The van der Waals surface area contributed by atoms with Crippen LogP contribution in [0.2, 0.25) is 0 Å². The molecule has 0 aliphatic heterocycles. The molecule has 26 valence electrons. The van der Waals surface area contributed by atoms with Crippen molar-refractivity contribution in [2.24, 2.45) is 0 Å². The Morgan fingerprint density at radius 2 is 1.25 bits per heavy atom. The molecule has 0 aromatic rings. The van der Waals surface area contributed by atoms with E-state index in [4.69, 9.17) is 3.83 Å². The van der Waals surface area contributed by atoms with Gasteiger partial charge >= 0.3 is 49.3 Å². The van der Waals surface area contributed by atoms with Gasteiger partial charge in [-0.2, -0.15) is 0 Å². The SMILES string of the molecule is [Cu].[NaH].[O]=[Mn]. The van der Waals surface area contributed by atoms with E-state index in [1.807, 2.05) is 0 Å². The van der Waals surface area contributed by atoms with Crippen LogP contribution in [-0.2, 0) is 36.8 Å². The first-order valence-corrected chi connectivity index (χ1v) is 0.636. The molecule has 0 aromatic heterocycles. The van der Waals surface area contributed by atoms with Crippen molar-refractivity contribution >= 4 is 29.6 Å². The minimum atomic E-state index is 0. The summed E-state index contributed by atoms with van der Waals surface area (Å²) in [5.41, 5.74) is 0. The fourth-order valence-electron chi connectivity index (χ4n) is 0. The zero-order chi connectivity index (χ0) is 2.00. The third-order valence-electron chi connectivity index (χ3n) is 0. The Hall–Kier alpha value is 1.84. The summed E-state index contributed by atoms with van der Waals surface area (Å²) in [6.45, 7) is 0. The standard InChI is InChI=1S/Cu.Mn.Na.O.H. The molecule has 0 bridgehead atoms. The second-order valence-electron chi connectivity index (χ2n) is 0. The van der Waals surface area contributed by atoms with Gasteiger partial charge in [0.1, 0.15) is 0 Å². The minimum absolute atomic E-state index is 0. The molecule has 0 fully saturated rings. The van der Waals surface area contributed by atoms with Crippen molar-refractivity contribution in [3.63, 3.8) is 0 Å². The first-order chi connectivity index (χ1) is 1.00. The Bertz CT molecular complexity index is 8.00. The van der Waals surface area contributed by atoms with Crippen LogP contribution in [-0.4, -0.2) is 29.6 Å². The molecule has 0 unspecified atom stereocenters. The monoisotopic (exact) mass is 158 g/mol. The molecular weight excluding hydrogens is 157 g/mol. The van der Waals surface area contributed by atoms with Crippen LogP contribution in [0.15, 0.2) is 0 Å². The zero-order valence-corrected chi connectivity index (χ0v) is 3.21. The van der Waals surface area contributed by atoms with Crippen molar-refractivity contribution in [1.82, 2.24) is 0 Å². The van der Waals surface area contributed by atoms with Crippen LogP contribution in [0.25, 0.3) is 0 Å². The van der Waals surface area contributed by atoms with E-state index in [1.165, 1.54) is 0 Å². The van der Waals surface area contributed by atoms with Crippen molar-refractivity contribution < 1.29 is 36.8 Å². The van der Waals surface area contributed by atoms with Crippen molar-refractivity contribution in [2.75, 3.05) is 0 Å². The molecular formula is HCuMnNaO. The predicted molar refractivity (Wildman–Crippen MR) is 7.84 cm³/mol. The summed E-state index contributed by atoms with van der Waals surface area (Å²) >= 11 is 1.69. The normalized spacial score (nSPS) is 1.00. The Labute approximate surface area is 65.7 Å². The van der Waals surface area contributed by atoms with E-state index in [2.05, 4.69) is 0 Å². The van der Waals surface area contributed by atoms with Gasteiger partial charge in [-0.05, 0) is 0 Å². The van der Waals surface area contributed by atoms with Gasteiger partial charge in [0, 0.05) is 17.1 Å². The third kappa shape index (κ3) is 9.15. The summed E-state index contributed by atoms with van der Waals surface area (Å²) in [6, 6.07) is 0. The number of hydrogen-bond acceptors (Lipinski definition) is 1. The van der Waals surface area contributed by atoms with Crippen molar-refractivity contribution in [1.29, 1.82) is 0 Å². The molecule has 4 heavy (non-hydrogen) atoms. The number of hydrogen-bond donors (Lipinski definition) is 0. The predicted octanol–water partition coefficient (Wildman–Crippen LogP) is -0.772. The topological polar surface area (TPSA) is 17.1 Å². The van der Waals surface area contributed by atoms with E-state index < -0.39 is 0 Å². The summed E-state index contributed by atoms with van der Waals surface area (Å²) in [5.74, 6) is 0. The van der Waals surface area contributed by atoms with Gasteiger partial charge in [0.25, 0.3) is 0 Å². The van der Waals surface area contributed by atoms with Gasteiger partial charge in [-0.15, -0.1) is 0 Å². The van der Waals surface area contributed by atoms with Crippen molar-refractivity contribution in [2.45, 2.75) is 0 Å². The van der Waals surface area contributed by atoms with Gasteiger partial charge in [0.2, 0.25) is 0 Å². The van der Waals surface area contributed by atoms with Gasteiger partial charge in [-0.25, -0.2) is 0 Å². The summed E-state index contributed by atoms with van der Waals surface area (Å²) in [4.78, 5) is 0. The number of rotatable bonds is 0. The van der Waals surface area contributed by atoms with E-state index in [-0.39, 0.29) is 46.6 Å². The molecule has 0 rings (SSSR count). The van der Waals surface area contributed by atoms with Gasteiger partial charge in [-0.3, -0.25) is 0 Å². The van der Waals surface area contributed by atoms with Crippen molar-refractivity contribution in [3.05, 3.63) is 0 Å². The van der Waals surface area contributed by atoms with Crippen molar-refractivity contribution in [3.8, 4) is 0 Å². The summed E-state index contributed by atoms with van der Waals surface area (Å²) in [6.07, 6.45) is 0. The molecule has 0 spiro atoms. The fourth-order valence-corrected chi connectivity index (χ4v) is 0. The van der Waals surface area contributed by atoms with E-state index in [1.54, 1.807) is 15.9 Å². The molecule has 0 N–H and O–H groups in total. The van der Waals surface area contributed by atoms with E-state index in [0.29, 0.717) is 0 Å². The first-order valence-electron chi connectivity index (χ1n) is 0.154. The van der Waals surface area contributed by atoms with Gasteiger partial charge in [-0.1, -0.05) is 0 Å². The summed E-state index contributed by atoms with van der Waals surface area (Å²) in [7, 11) is 0. The Balaban J connectivity index is -0.00000000500. The zero-order valence-electron chi connectivity index (χ0n) is 1.09. The van der Waals surface area contributed by atoms with Crippen LogP contribution in [0.5, 0.6) is 0 Å². The third-order valence-corrected chi connectivity index (χ3v) is 0. The Morgan fingerprint density at radius 1 is 1.25 bits per heavy atom. The van der Waals surface area contributed by atoms with Crippen LogP contribution in [0, 0.1) is 0 Å². The van der Waals surface area contributed by atoms with Gasteiger partial charge in [0.15, 0.2) is 0 Å². The quantitative estimate of drug-likeness (QED) is 0.423. The molecule has 1 radical (unpaired) electrons. The summed E-state index contributed by atoms with van der Waals surface area (Å²) < 4.78 is 8.06. The molecule has 0 amide bonds. The Kier molecular flexibility index (Phi) is 89.4. The molecule has 0 heterocycles. The van der Waals surface area contributed by atoms with Crippen LogP contribution >= 0.6 is 0 Å². The van der Waals surface area contributed by atoms with Crippen LogP contribution in [0.3, 0.4) is 0 Å². The Morgan fingerprint density at radius 3 is 1.25 bits per heavy atom. The molecule has 1 nitrogen and oxygen atoms in total. The molecule has 0 aliphatic carbocycles. The summed E-state index contributed by atoms with van der Waals surface area (Å²) in [5, 5.41) is 0. The maximum atomic E-state index is 8.06. The van der Waals surface area contributed by atoms with Gasteiger partial charge in [0.05, 0.1) is 0 Å². The fraction of sp³-hybridized carbons (Fsp3) is 0. The molecule has 0 saturated carbocycles. The van der Waals surface area contributed by atoms with E-state index >= 15 is 0 Å². The second-order valence-corrected chi connectivity index (χ2v) is 0. The molecule has 0 aromatic carbocycles. The first kappa shape index (κ1) is 17.0. The molecule has 0 atom stereocenters. The van der Waals surface area contributed by atoms with E-state index in [0.717, 1.165) is 0 Å². The van der Waals surface area contributed by atoms with Crippen LogP contribution in [0.1, 0.15) is 0 Å². The van der Waals surface area contributed by atoms with Gasteiger partial charge < -0.3 is 0 Å². The average molecular weight is 158 g/mol. The second kappa shape index (κ2) is 21.1.